The first kappa shape index (κ1) is 23.3. The zero-order valence-electron chi connectivity index (χ0n) is 21.0. The predicted molar refractivity (Wildman–Crippen MR) is 135 cm³/mol. The Morgan fingerprint density at radius 2 is 1.88 bits per heavy atom. The molecule has 0 amide bonds. The van der Waals surface area contributed by atoms with Crippen molar-refractivity contribution < 1.29 is 9.53 Å². The van der Waals surface area contributed by atoms with Crippen LogP contribution in [0.15, 0.2) is 36.4 Å². The highest BCUT2D eigenvalue weighted by Crippen LogP contribution is 2.46. The van der Waals surface area contributed by atoms with Crippen LogP contribution in [0.3, 0.4) is 0 Å². The van der Waals surface area contributed by atoms with E-state index >= 15 is 0 Å². The van der Waals surface area contributed by atoms with Crippen LogP contribution in [-0.4, -0.2) is 15.5 Å². The van der Waals surface area contributed by atoms with Crippen molar-refractivity contribution in [2.24, 2.45) is 11.3 Å². The number of carbonyl (C=O) groups is 1. The molecular formula is C28H37N3O2. The molecule has 0 radical (unpaired) electrons. The van der Waals surface area contributed by atoms with Gasteiger partial charge in [-0.25, -0.2) is 4.98 Å². The largest absolute Gasteiger partial charge is 0.426 e. The van der Waals surface area contributed by atoms with Gasteiger partial charge in [-0.1, -0.05) is 46.8 Å². The molecule has 1 aliphatic rings. The summed E-state index contributed by atoms with van der Waals surface area (Å²) >= 11 is 0. The number of benzene rings is 2. The van der Waals surface area contributed by atoms with E-state index in [9.17, 15) is 4.79 Å². The summed E-state index contributed by atoms with van der Waals surface area (Å²) in [5.41, 5.74) is 5.49. The van der Waals surface area contributed by atoms with Crippen molar-refractivity contribution >= 4 is 28.6 Å². The van der Waals surface area contributed by atoms with E-state index in [1.54, 1.807) is 0 Å². The summed E-state index contributed by atoms with van der Waals surface area (Å²) in [5.74, 6) is 2.25. The number of esters is 1. The first-order valence-electron chi connectivity index (χ1n) is 12.1. The Balaban J connectivity index is 1.81. The van der Waals surface area contributed by atoms with Crippen molar-refractivity contribution in [3.8, 4) is 5.75 Å². The monoisotopic (exact) mass is 447 g/mol. The minimum atomic E-state index is -0.316. The van der Waals surface area contributed by atoms with E-state index in [0.717, 1.165) is 41.1 Å². The normalized spacial score (nSPS) is 20.2. The minimum absolute atomic E-state index is 0.280. The second-order valence-corrected chi connectivity index (χ2v) is 11.0. The number of fused-ring (bicyclic) bond motifs is 1. The van der Waals surface area contributed by atoms with Crippen molar-refractivity contribution in [2.45, 2.75) is 79.7 Å². The highest BCUT2D eigenvalue weighted by Gasteiger charge is 2.34. The van der Waals surface area contributed by atoms with E-state index in [-0.39, 0.29) is 11.4 Å². The average Bonchev–Trinajstić information content (AvgIpc) is 3.03. The second kappa shape index (κ2) is 8.85. The van der Waals surface area contributed by atoms with Crippen LogP contribution >= 0.6 is 0 Å². The van der Waals surface area contributed by atoms with Crippen molar-refractivity contribution in [3.05, 3.63) is 47.5 Å². The first-order valence-corrected chi connectivity index (χ1v) is 12.1. The van der Waals surface area contributed by atoms with Gasteiger partial charge in [0.1, 0.15) is 5.75 Å². The fraction of sp³-hybridized carbons (Fsp3) is 0.500. The van der Waals surface area contributed by atoms with Gasteiger partial charge in [-0.05, 0) is 72.8 Å². The molecule has 2 atom stereocenters. The van der Waals surface area contributed by atoms with Crippen LogP contribution in [0.2, 0.25) is 0 Å². The number of carbonyl (C=O) groups excluding carboxylic acids is 1. The van der Waals surface area contributed by atoms with Crippen molar-refractivity contribution in [2.75, 3.05) is 5.32 Å². The first-order chi connectivity index (χ1) is 15.5. The summed E-state index contributed by atoms with van der Waals surface area (Å²) in [6.45, 7) is 14.9. The van der Waals surface area contributed by atoms with Crippen LogP contribution in [-0.2, 0) is 4.79 Å². The maximum Gasteiger partial charge on any atom is 0.308 e. The molecule has 0 unspecified atom stereocenters. The summed E-state index contributed by atoms with van der Waals surface area (Å²) in [4.78, 5) is 16.6. The van der Waals surface area contributed by atoms with Gasteiger partial charge in [0.15, 0.2) is 0 Å². The maximum atomic E-state index is 11.6. The number of hydrogen-bond acceptors (Lipinski definition) is 4. The Hall–Kier alpha value is -2.82. The highest BCUT2D eigenvalue weighted by molar-refractivity contribution is 5.84. The lowest BCUT2D eigenvalue weighted by molar-refractivity contribution is -0.131. The second-order valence-electron chi connectivity index (χ2n) is 11.0. The van der Waals surface area contributed by atoms with E-state index in [1.165, 1.54) is 18.9 Å². The molecule has 0 spiro atoms. The SMILES string of the molecule is CC(=O)Oc1cc2nc(Nc3ccc(C(C)C)cc3)n([C@@H]3C[C@H](C)CC(C)(C)C3)c2cc1C. The third kappa shape index (κ3) is 5.07. The van der Waals surface area contributed by atoms with Gasteiger partial charge in [0.25, 0.3) is 0 Å². The molecule has 1 N–H and O–H groups in total. The topological polar surface area (TPSA) is 56.1 Å². The van der Waals surface area contributed by atoms with Gasteiger partial charge in [-0.3, -0.25) is 4.79 Å². The summed E-state index contributed by atoms with van der Waals surface area (Å²) in [5, 5.41) is 3.59. The minimum Gasteiger partial charge on any atom is -0.426 e. The lowest BCUT2D eigenvalue weighted by atomic mass is 9.70. The van der Waals surface area contributed by atoms with E-state index in [0.29, 0.717) is 23.6 Å². The van der Waals surface area contributed by atoms with E-state index in [2.05, 4.69) is 74.8 Å². The van der Waals surface area contributed by atoms with Gasteiger partial charge in [0, 0.05) is 24.7 Å². The van der Waals surface area contributed by atoms with Crippen molar-refractivity contribution in [1.82, 2.24) is 9.55 Å². The molecule has 1 aliphatic carbocycles. The van der Waals surface area contributed by atoms with Crippen LogP contribution in [0, 0.1) is 18.3 Å². The maximum absolute atomic E-state index is 11.6. The number of ether oxygens (including phenoxy) is 1. The molecule has 1 heterocycles. The number of aromatic nitrogens is 2. The van der Waals surface area contributed by atoms with Crippen molar-refractivity contribution in [3.63, 3.8) is 0 Å². The third-order valence-electron chi connectivity index (χ3n) is 6.80. The zero-order chi connectivity index (χ0) is 23.9. The number of hydrogen-bond donors (Lipinski definition) is 1. The number of anilines is 2. The smallest absolute Gasteiger partial charge is 0.308 e. The van der Waals surface area contributed by atoms with E-state index in [4.69, 9.17) is 9.72 Å². The molecule has 0 saturated heterocycles. The summed E-state index contributed by atoms with van der Waals surface area (Å²) in [6, 6.07) is 13.0. The molecule has 5 heteroatoms. The van der Waals surface area contributed by atoms with E-state index in [1.807, 2.05) is 13.0 Å². The van der Waals surface area contributed by atoms with Crippen LogP contribution < -0.4 is 10.1 Å². The lowest BCUT2D eigenvalue weighted by Gasteiger charge is -2.40. The lowest BCUT2D eigenvalue weighted by Crippen LogP contribution is -2.29. The summed E-state index contributed by atoms with van der Waals surface area (Å²) < 4.78 is 7.83. The third-order valence-corrected chi connectivity index (χ3v) is 6.80. The van der Waals surface area contributed by atoms with Gasteiger partial charge in [0.2, 0.25) is 5.95 Å². The van der Waals surface area contributed by atoms with Gasteiger partial charge in [0.05, 0.1) is 11.0 Å². The van der Waals surface area contributed by atoms with Gasteiger partial charge >= 0.3 is 5.97 Å². The van der Waals surface area contributed by atoms with Crippen LogP contribution in [0.4, 0.5) is 11.6 Å². The Morgan fingerprint density at radius 1 is 1.18 bits per heavy atom. The predicted octanol–water partition coefficient (Wildman–Crippen LogP) is 7.52. The zero-order valence-corrected chi connectivity index (χ0v) is 21.0. The van der Waals surface area contributed by atoms with Crippen LogP contribution in [0.5, 0.6) is 5.75 Å². The number of aryl methyl sites for hydroxylation is 1. The molecule has 0 aliphatic heterocycles. The van der Waals surface area contributed by atoms with Crippen molar-refractivity contribution in [1.29, 1.82) is 0 Å². The summed E-state index contributed by atoms with van der Waals surface area (Å²) in [6.07, 6.45) is 3.47. The molecule has 4 rings (SSSR count). The number of imidazole rings is 1. The molecule has 176 valence electrons. The number of rotatable bonds is 5. The Bertz CT molecular complexity index is 1160. The standard InChI is InChI=1S/C28H37N3O2/c1-17(2)21-8-10-22(11-9-21)29-27-30-24-14-26(33-20(5)32)19(4)13-25(24)31(27)23-12-18(3)15-28(6,7)16-23/h8-11,13-14,17-18,23H,12,15-16H2,1-7H3,(H,29,30)/t18-,23+/m0/s1. The number of nitrogens with one attached hydrogen (secondary N) is 1. The molecule has 1 fully saturated rings. The molecule has 1 aromatic heterocycles. The Morgan fingerprint density at radius 3 is 2.48 bits per heavy atom. The fourth-order valence-electron chi connectivity index (χ4n) is 5.52. The molecule has 0 bridgehead atoms. The molecular weight excluding hydrogens is 410 g/mol. The molecule has 5 nitrogen and oxygen atoms in total. The van der Waals surface area contributed by atoms with Gasteiger partial charge in [-0.15, -0.1) is 0 Å². The van der Waals surface area contributed by atoms with Crippen LogP contribution in [0.25, 0.3) is 11.0 Å². The molecule has 1 saturated carbocycles. The summed E-state index contributed by atoms with van der Waals surface area (Å²) in [7, 11) is 0. The number of nitrogens with zero attached hydrogens (tertiary/aromatic N) is 2. The molecule has 2 aromatic carbocycles. The van der Waals surface area contributed by atoms with Gasteiger partial charge in [-0.2, -0.15) is 0 Å². The fourth-order valence-corrected chi connectivity index (χ4v) is 5.52. The Kier molecular flexibility index (Phi) is 6.26. The quantitative estimate of drug-likeness (QED) is 0.324. The molecule has 33 heavy (non-hydrogen) atoms. The Labute approximate surface area is 197 Å². The van der Waals surface area contributed by atoms with E-state index < -0.39 is 0 Å². The van der Waals surface area contributed by atoms with Gasteiger partial charge < -0.3 is 14.6 Å². The van der Waals surface area contributed by atoms with Crippen LogP contribution in [0.1, 0.15) is 83.9 Å². The highest BCUT2D eigenvalue weighted by atomic mass is 16.5. The average molecular weight is 448 g/mol. The molecule has 3 aromatic rings.